The van der Waals surface area contributed by atoms with Gasteiger partial charge in [0.1, 0.15) is 0 Å². The van der Waals surface area contributed by atoms with Crippen LogP contribution in [0.2, 0.25) is 0 Å². The van der Waals surface area contributed by atoms with Crippen LogP contribution in [0, 0.1) is 5.92 Å². The van der Waals surface area contributed by atoms with Gasteiger partial charge in [0.2, 0.25) is 0 Å². The average Bonchev–Trinajstić information content (AvgIpc) is 2.25. The summed E-state index contributed by atoms with van der Waals surface area (Å²) in [7, 11) is 0. The summed E-state index contributed by atoms with van der Waals surface area (Å²) >= 11 is 0. The molecule has 15 heavy (non-hydrogen) atoms. The zero-order valence-corrected chi connectivity index (χ0v) is 10.2. The number of amidine groups is 1. The SMILES string of the molecule is CCCN(CC(N)=NO)CC(CC)CC. The van der Waals surface area contributed by atoms with E-state index in [1.165, 1.54) is 12.8 Å². The quantitative estimate of drug-likeness (QED) is 0.281. The van der Waals surface area contributed by atoms with Crippen LogP contribution in [0.3, 0.4) is 0 Å². The first-order valence-corrected chi connectivity index (χ1v) is 5.86. The molecule has 0 amide bonds. The number of hydrogen-bond donors (Lipinski definition) is 2. The summed E-state index contributed by atoms with van der Waals surface area (Å²) in [5, 5.41) is 11.6. The highest BCUT2D eigenvalue weighted by molar-refractivity contribution is 5.81. The second-order valence-electron chi connectivity index (χ2n) is 4.01. The normalized spacial score (nSPS) is 12.7. The third kappa shape index (κ3) is 6.33. The number of nitrogens with zero attached hydrogens (tertiary/aromatic N) is 2. The molecule has 0 spiro atoms. The lowest BCUT2D eigenvalue weighted by Gasteiger charge is -2.25. The summed E-state index contributed by atoms with van der Waals surface area (Å²) < 4.78 is 0. The molecule has 0 radical (unpaired) electrons. The van der Waals surface area contributed by atoms with Crippen molar-refractivity contribution in [3.63, 3.8) is 0 Å². The number of nitrogens with two attached hydrogens (primary N) is 1. The maximum Gasteiger partial charge on any atom is 0.153 e. The van der Waals surface area contributed by atoms with Crippen LogP contribution in [0.1, 0.15) is 40.0 Å². The van der Waals surface area contributed by atoms with Crippen molar-refractivity contribution in [3.05, 3.63) is 0 Å². The predicted octanol–water partition coefficient (Wildman–Crippen LogP) is 1.88. The van der Waals surface area contributed by atoms with Crippen molar-refractivity contribution in [2.45, 2.75) is 40.0 Å². The fourth-order valence-electron chi connectivity index (χ4n) is 1.72. The standard InChI is InChI=1S/C11H25N3O/c1-4-7-14(9-11(12)13-15)8-10(5-2)6-3/h10,15H,4-9H2,1-3H3,(H2,12,13). The van der Waals surface area contributed by atoms with Crippen molar-refractivity contribution >= 4 is 5.84 Å². The Morgan fingerprint density at radius 1 is 1.33 bits per heavy atom. The molecule has 0 saturated heterocycles. The lowest BCUT2D eigenvalue weighted by molar-refractivity contribution is 0.245. The van der Waals surface area contributed by atoms with E-state index in [0.717, 1.165) is 19.5 Å². The molecule has 4 nitrogen and oxygen atoms in total. The van der Waals surface area contributed by atoms with E-state index >= 15 is 0 Å². The lowest BCUT2D eigenvalue weighted by Crippen LogP contribution is -2.37. The van der Waals surface area contributed by atoms with Crippen LogP contribution < -0.4 is 5.73 Å². The molecular formula is C11H25N3O. The van der Waals surface area contributed by atoms with Crippen LogP contribution in [0.25, 0.3) is 0 Å². The molecule has 0 rings (SSSR count). The van der Waals surface area contributed by atoms with E-state index in [4.69, 9.17) is 10.9 Å². The molecule has 0 atom stereocenters. The Morgan fingerprint density at radius 2 is 1.93 bits per heavy atom. The van der Waals surface area contributed by atoms with Crippen molar-refractivity contribution in [2.75, 3.05) is 19.6 Å². The Bertz CT molecular complexity index is 179. The summed E-state index contributed by atoms with van der Waals surface area (Å²) in [6.07, 6.45) is 3.47. The first kappa shape index (κ1) is 14.2. The van der Waals surface area contributed by atoms with Crippen LogP contribution in [-0.4, -0.2) is 35.6 Å². The van der Waals surface area contributed by atoms with Gasteiger partial charge >= 0.3 is 0 Å². The molecule has 0 aromatic rings. The molecule has 0 aromatic carbocycles. The molecule has 0 heterocycles. The molecule has 0 saturated carbocycles. The van der Waals surface area contributed by atoms with E-state index in [1.54, 1.807) is 0 Å². The van der Waals surface area contributed by atoms with Crippen LogP contribution in [0.5, 0.6) is 0 Å². The number of rotatable bonds is 8. The maximum atomic E-state index is 8.54. The number of hydrogen-bond acceptors (Lipinski definition) is 3. The Labute approximate surface area is 93.1 Å². The van der Waals surface area contributed by atoms with Crippen molar-refractivity contribution in [3.8, 4) is 0 Å². The van der Waals surface area contributed by atoms with Gasteiger partial charge in [-0.25, -0.2) is 0 Å². The Kier molecular flexibility index (Phi) is 8.09. The molecule has 0 aliphatic carbocycles. The van der Waals surface area contributed by atoms with E-state index < -0.39 is 0 Å². The topological polar surface area (TPSA) is 61.8 Å². The van der Waals surface area contributed by atoms with Crippen LogP contribution in [0.15, 0.2) is 5.16 Å². The zero-order valence-electron chi connectivity index (χ0n) is 10.2. The molecule has 0 aliphatic heterocycles. The fraction of sp³-hybridized carbons (Fsp3) is 0.909. The third-order valence-electron chi connectivity index (χ3n) is 2.72. The highest BCUT2D eigenvalue weighted by Crippen LogP contribution is 2.09. The minimum atomic E-state index is 0.300. The van der Waals surface area contributed by atoms with Crippen molar-refractivity contribution < 1.29 is 5.21 Å². The minimum absolute atomic E-state index is 0.300. The van der Waals surface area contributed by atoms with Crippen molar-refractivity contribution in [2.24, 2.45) is 16.8 Å². The second-order valence-corrected chi connectivity index (χ2v) is 4.01. The molecule has 4 heteroatoms. The Hall–Kier alpha value is -0.770. The van der Waals surface area contributed by atoms with E-state index in [1.807, 2.05) is 0 Å². The van der Waals surface area contributed by atoms with E-state index in [2.05, 4.69) is 30.8 Å². The summed E-state index contributed by atoms with van der Waals surface area (Å²) in [6, 6.07) is 0. The van der Waals surface area contributed by atoms with Gasteiger partial charge in [-0.15, -0.1) is 0 Å². The van der Waals surface area contributed by atoms with Crippen molar-refractivity contribution in [1.82, 2.24) is 4.90 Å². The van der Waals surface area contributed by atoms with Gasteiger partial charge in [0.05, 0.1) is 6.54 Å². The van der Waals surface area contributed by atoms with Gasteiger partial charge in [-0.05, 0) is 18.9 Å². The Morgan fingerprint density at radius 3 is 2.33 bits per heavy atom. The average molecular weight is 215 g/mol. The van der Waals surface area contributed by atoms with E-state index in [9.17, 15) is 0 Å². The van der Waals surface area contributed by atoms with Crippen LogP contribution in [0.4, 0.5) is 0 Å². The van der Waals surface area contributed by atoms with E-state index in [-0.39, 0.29) is 0 Å². The molecule has 0 bridgehead atoms. The molecule has 0 unspecified atom stereocenters. The minimum Gasteiger partial charge on any atom is -0.409 e. The zero-order chi connectivity index (χ0) is 11.7. The number of oxime groups is 1. The third-order valence-corrected chi connectivity index (χ3v) is 2.72. The summed E-state index contributed by atoms with van der Waals surface area (Å²) in [4.78, 5) is 2.26. The van der Waals surface area contributed by atoms with E-state index in [0.29, 0.717) is 18.3 Å². The van der Waals surface area contributed by atoms with Crippen LogP contribution >= 0.6 is 0 Å². The largest absolute Gasteiger partial charge is 0.409 e. The lowest BCUT2D eigenvalue weighted by atomic mass is 10.0. The van der Waals surface area contributed by atoms with Gasteiger partial charge in [-0.2, -0.15) is 0 Å². The van der Waals surface area contributed by atoms with Gasteiger partial charge in [0, 0.05) is 6.54 Å². The first-order chi connectivity index (χ1) is 7.17. The van der Waals surface area contributed by atoms with Crippen molar-refractivity contribution in [1.29, 1.82) is 0 Å². The fourth-order valence-corrected chi connectivity index (χ4v) is 1.72. The van der Waals surface area contributed by atoms with Gasteiger partial charge < -0.3 is 10.9 Å². The molecule has 0 aromatic heterocycles. The van der Waals surface area contributed by atoms with Gasteiger partial charge in [0.15, 0.2) is 5.84 Å². The van der Waals surface area contributed by atoms with Crippen LogP contribution in [-0.2, 0) is 0 Å². The highest BCUT2D eigenvalue weighted by atomic mass is 16.4. The maximum absolute atomic E-state index is 8.54. The second kappa shape index (κ2) is 8.53. The monoisotopic (exact) mass is 215 g/mol. The van der Waals surface area contributed by atoms with Gasteiger partial charge in [0.25, 0.3) is 0 Å². The molecule has 90 valence electrons. The molecule has 0 aliphatic rings. The molecular weight excluding hydrogens is 190 g/mol. The van der Waals surface area contributed by atoms with Gasteiger partial charge in [-0.1, -0.05) is 38.8 Å². The summed E-state index contributed by atoms with van der Waals surface area (Å²) in [5.74, 6) is 1.01. The molecule has 3 N–H and O–H groups in total. The summed E-state index contributed by atoms with van der Waals surface area (Å²) in [6.45, 7) is 9.18. The highest BCUT2D eigenvalue weighted by Gasteiger charge is 2.11. The summed E-state index contributed by atoms with van der Waals surface area (Å²) in [5.41, 5.74) is 5.52. The first-order valence-electron chi connectivity index (χ1n) is 5.86. The Balaban J connectivity index is 4.13. The predicted molar refractivity (Wildman–Crippen MR) is 64.2 cm³/mol. The van der Waals surface area contributed by atoms with Gasteiger partial charge in [-0.3, -0.25) is 4.90 Å². The molecule has 0 fully saturated rings. The smallest absolute Gasteiger partial charge is 0.153 e.